The summed E-state index contributed by atoms with van der Waals surface area (Å²) >= 11 is 0. The number of carbonyl (C=O) groups is 2. The highest BCUT2D eigenvalue weighted by atomic mass is 32.2. The molecule has 1 unspecified atom stereocenters. The average Bonchev–Trinajstić information content (AvgIpc) is 3.25. The van der Waals surface area contributed by atoms with Crippen molar-refractivity contribution in [1.82, 2.24) is 34.4 Å². The van der Waals surface area contributed by atoms with Gasteiger partial charge in [-0.05, 0) is 67.1 Å². The van der Waals surface area contributed by atoms with Gasteiger partial charge in [-0.25, -0.2) is 46.3 Å². The molecular weight excluding hydrogens is 803 g/mol. The molecule has 1 amide bonds. The van der Waals surface area contributed by atoms with Crippen molar-refractivity contribution in [3.8, 4) is 16.9 Å². The fourth-order valence-electron chi connectivity index (χ4n) is 6.80. The Morgan fingerprint density at radius 2 is 1.63 bits per heavy atom. The third-order valence-electron chi connectivity index (χ3n) is 10.00. The van der Waals surface area contributed by atoms with Crippen LogP contribution in [0.1, 0.15) is 53.8 Å². The number of halogens is 2. The third kappa shape index (κ3) is 8.96. The van der Waals surface area contributed by atoms with Crippen LogP contribution in [-0.2, 0) is 44.4 Å². The monoisotopic (exact) mass is 840 g/mol. The molecule has 7 rings (SSSR count). The molecule has 1 aliphatic carbocycles. The number of sulfonamides is 1. The van der Waals surface area contributed by atoms with Gasteiger partial charge in [0.25, 0.3) is 21.5 Å². The molecule has 19 heteroatoms. The Bertz CT molecular complexity index is 2800. The number of pyridine rings is 2. The smallest absolute Gasteiger partial charge is 0.337 e. The Morgan fingerprint density at radius 1 is 0.900 bits per heavy atom. The van der Waals surface area contributed by atoms with Gasteiger partial charge in [0.05, 0.1) is 33.2 Å². The number of ether oxygens (including phenoxy) is 2. The lowest BCUT2D eigenvalue weighted by Crippen LogP contribution is -2.45. The van der Waals surface area contributed by atoms with Crippen molar-refractivity contribution in [3.05, 3.63) is 135 Å². The van der Waals surface area contributed by atoms with E-state index in [1.54, 1.807) is 12.4 Å². The minimum atomic E-state index is -4.43. The van der Waals surface area contributed by atoms with E-state index in [2.05, 4.69) is 25.3 Å². The summed E-state index contributed by atoms with van der Waals surface area (Å²) in [5, 5.41) is 2.68. The number of hydrogen-bond acceptors (Lipinski definition) is 12. The lowest BCUT2D eigenvalue weighted by Gasteiger charge is -2.25. The van der Waals surface area contributed by atoms with Crippen molar-refractivity contribution >= 4 is 38.5 Å². The first-order valence-electron chi connectivity index (χ1n) is 18.8. The fraction of sp³-hybridized carbons (Fsp3) is 0.268. The number of benzene rings is 2. The molecule has 0 aliphatic heterocycles. The van der Waals surface area contributed by atoms with Crippen LogP contribution in [0.2, 0.25) is 0 Å². The van der Waals surface area contributed by atoms with E-state index in [1.165, 1.54) is 79.8 Å². The van der Waals surface area contributed by atoms with E-state index in [0.717, 1.165) is 23.8 Å². The molecule has 60 heavy (non-hydrogen) atoms. The van der Waals surface area contributed by atoms with Gasteiger partial charge < -0.3 is 14.8 Å². The zero-order valence-electron chi connectivity index (χ0n) is 32.3. The molecule has 0 bridgehead atoms. The first-order valence-corrected chi connectivity index (χ1v) is 20.3. The second-order valence-electron chi connectivity index (χ2n) is 14.1. The maximum Gasteiger partial charge on any atom is 0.337 e. The predicted octanol–water partition coefficient (Wildman–Crippen LogP) is 4.38. The first-order chi connectivity index (χ1) is 28.8. The Morgan fingerprint density at radius 3 is 2.32 bits per heavy atom. The summed E-state index contributed by atoms with van der Waals surface area (Å²) in [5.41, 5.74) is -0.927. The van der Waals surface area contributed by atoms with Crippen LogP contribution in [0.4, 0.5) is 14.5 Å². The Hall–Kier alpha value is -6.73. The summed E-state index contributed by atoms with van der Waals surface area (Å²) < 4.78 is 72.3. The molecule has 4 aromatic heterocycles. The number of anilines is 1. The van der Waals surface area contributed by atoms with Crippen molar-refractivity contribution in [2.75, 3.05) is 11.8 Å². The largest absolute Gasteiger partial charge is 0.461 e. The van der Waals surface area contributed by atoms with Gasteiger partial charge >= 0.3 is 11.7 Å². The molecule has 1 fully saturated rings. The molecule has 4 heterocycles. The van der Waals surface area contributed by atoms with E-state index in [9.17, 15) is 27.6 Å². The van der Waals surface area contributed by atoms with Gasteiger partial charge in [-0.3, -0.25) is 23.9 Å². The fourth-order valence-corrected chi connectivity index (χ4v) is 7.86. The maximum absolute atomic E-state index is 15.6. The van der Waals surface area contributed by atoms with Crippen molar-refractivity contribution in [3.63, 3.8) is 0 Å². The van der Waals surface area contributed by atoms with Gasteiger partial charge in [0, 0.05) is 57.0 Å². The number of nitrogens with one attached hydrogen (secondary N) is 2. The minimum Gasteiger partial charge on any atom is -0.461 e. The summed E-state index contributed by atoms with van der Waals surface area (Å²) in [6.07, 6.45) is 10.5. The second kappa shape index (κ2) is 17.6. The summed E-state index contributed by atoms with van der Waals surface area (Å²) in [7, 11) is -1.43. The number of esters is 1. The van der Waals surface area contributed by atoms with Gasteiger partial charge in [-0.2, -0.15) is 0 Å². The second-order valence-corrected chi connectivity index (χ2v) is 15.8. The zero-order chi connectivity index (χ0) is 42.6. The highest BCUT2D eigenvalue weighted by molar-refractivity contribution is 7.92. The van der Waals surface area contributed by atoms with Crippen molar-refractivity contribution in [2.45, 2.75) is 62.2 Å². The van der Waals surface area contributed by atoms with Crippen LogP contribution >= 0.6 is 0 Å². The standard InChI is InChI=1S/C41H38F2N8O8S/c1-50-35-22-44-15-14-29(35)39(53)51(41(50)55)37-13-8-24(19-47-37)16-34(40(54)59-27-6-4-3-5-7-27)48-38(52)30-17-32(43)33(18-31(30)42)49-60(56,57)28-11-9-25(10-12-28)26-20-45-36(23-58-2)46-21-26/h8-15,17-22,27,34,49H,3-7,16,23H2,1-2H3,(H,48,52). The Balaban J connectivity index is 1.09. The molecular formula is C41H38F2N8O8S. The van der Waals surface area contributed by atoms with E-state index in [1.807, 2.05) is 4.72 Å². The SMILES string of the molecule is COCc1ncc(-c2ccc(S(=O)(=O)Nc3cc(F)c(C(=O)NC(Cc4ccc(-n5c(=O)c6ccncc6n(C)c5=O)nc4)C(=O)OC4CCCCC4)cc3F)cc2)cn1. The summed E-state index contributed by atoms with van der Waals surface area (Å²) in [4.78, 5) is 69.8. The topological polar surface area (TPSA) is 206 Å². The van der Waals surface area contributed by atoms with Crippen LogP contribution in [0.3, 0.4) is 0 Å². The quantitative estimate of drug-likeness (QED) is 0.156. The zero-order valence-corrected chi connectivity index (χ0v) is 33.1. The molecule has 1 saturated carbocycles. The summed E-state index contributed by atoms with van der Waals surface area (Å²) in [6.45, 7) is 0.221. The van der Waals surface area contributed by atoms with E-state index in [0.29, 0.717) is 53.0 Å². The number of rotatable bonds is 13. The molecule has 0 spiro atoms. The molecule has 6 aromatic rings. The van der Waals surface area contributed by atoms with Gasteiger partial charge in [0.15, 0.2) is 5.82 Å². The summed E-state index contributed by atoms with van der Waals surface area (Å²) in [5.74, 6) is -4.07. The van der Waals surface area contributed by atoms with E-state index in [-0.39, 0.29) is 29.1 Å². The average molecular weight is 841 g/mol. The van der Waals surface area contributed by atoms with Gasteiger partial charge in [-0.1, -0.05) is 24.6 Å². The van der Waals surface area contributed by atoms with Crippen molar-refractivity contribution < 1.29 is 36.3 Å². The normalized spacial score (nSPS) is 13.8. The molecule has 2 aromatic carbocycles. The van der Waals surface area contributed by atoms with E-state index < -0.39 is 68.2 Å². The number of nitrogens with zero attached hydrogens (tertiary/aromatic N) is 6. The van der Waals surface area contributed by atoms with E-state index >= 15 is 8.78 Å². The number of hydrogen-bond donors (Lipinski definition) is 2. The van der Waals surface area contributed by atoms with Crippen LogP contribution in [0, 0.1) is 11.6 Å². The highest BCUT2D eigenvalue weighted by Crippen LogP contribution is 2.26. The molecule has 0 radical (unpaired) electrons. The third-order valence-corrected chi connectivity index (χ3v) is 11.4. The number of carbonyl (C=O) groups excluding carboxylic acids is 2. The molecule has 1 atom stereocenters. The first kappa shape index (κ1) is 41.4. The number of fused-ring (bicyclic) bond motifs is 1. The number of aryl methyl sites for hydroxylation is 1. The van der Waals surface area contributed by atoms with Crippen LogP contribution in [0.25, 0.3) is 27.8 Å². The molecule has 1 aliphatic rings. The molecule has 310 valence electrons. The van der Waals surface area contributed by atoms with Crippen LogP contribution < -0.4 is 21.3 Å². The lowest BCUT2D eigenvalue weighted by molar-refractivity contribution is -0.152. The molecule has 2 N–H and O–H groups in total. The number of aromatic nitrogens is 6. The van der Waals surface area contributed by atoms with Gasteiger partial charge in [-0.15, -0.1) is 0 Å². The number of methoxy groups -OCH3 is 1. The Labute approximate surface area is 341 Å². The van der Waals surface area contributed by atoms with Crippen LogP contribution in [-0.4, -0.2) is 68.6 Å². The van der Waals surface area contributed by atoms with Gasteiger partial charge in [0.2, 0.25) is 0 Å². The predicted molar refractivity (Wildman–Crippen MR) is 214 cm³/mol. The van der Waals surface area contributed by atoms with Crippen LogP contribution in [0.15, 0.2) is 100 Å². The van der Waals surface area contributed by atoms with Crippen molar-refractivity contribution in [2.24, 2.45) is 7.05 Å². The Kier molecular flexibility index (Phi) is 12.2. The van der Waals surface area contributed by atoms with E-state index in [4.69, 9.17) is 9.47 Å². The molecule has 0 saturated heterocycles. The number of amides is 1. The minimum absolute atomic E-state index is 0.00180. The maximum atomic E-state index is 15.6. The molecule has 16 nitrogen and oxygen atoms in total. The lowest BCUT2D eigenvalue weighted by atomic mass is 9.97. The van der Waals surface area contributed by atoms with Gasteiger partial charge in [0.1, 0.15) is 36.2 Å². The van der Waals surface area contributed by atoms with Crippen LogP contribution in [0.5, 0.6) is 0 Å². The summed E-state index contributed by atoms with van der Waals surface area (Å²) in [6, 6.07) is 9.58. The highest BCUT2D eigenvalue weighted by Gasteiger charge is 2.29. The van der Waals surface area contributed by atoms with Crippen molar-refractivity contribution in [1.29, 1.82) is 0 Å².